The van der Waals surface area contributed by atoms with Gasteiger partial charge >= 0.3 is 0 Å². The summed E-state index contributed by atoms with van der Waals surface area (Å²) in [5, 5.41) is 0. The first kappa shape index (κ1) is 10.9. The highest BCUT2D eigenvalue weighted by Crippen LogP contribution is 2.29. The lowest BCUT2D eigenvalue weighted by atomic mass is 9.93. The largest absolute Gasteiger partial charge is 0.279 e. The summed E-state index contributed by atoms with van der Waals surface area (Å²) in [6.07, 6.45) is 0.942. The van der Waals surface area contributed by atoms with Crippen molar-refractivity contribution in [1.29, 1.82) is 0 Å². The van der Waals surface area contributed by atoms with Crippen LogP contribution in [0.3, 0.4) is 0 Å². The highest BCUT2D eigenvalue weighted by atomic mass is 32.2. The zero-order chi connectivity index (χ0) is 10.1. The van der Waals surface area contributed by atoms with E-state index in [2.05, 4.69) is 18.6 Å². The summed E-state index contributed by atoms with van der Waals surface area (Å²) in [5.41, 5.74) is 0.127. The zero-order valence-electron chi connectivity index (χ0n) is 8.50. The van der Waals surface area contributed by atoms with Crippen LogP contribution >= 0.6 is 0 Å². The molecule has 1 heterocycles. The molecule has 1 fully saturated rings. The highest BCUT2D eigenvalue weighted by molar-refractivity contribution is 7.87. The predicted molar refractivity (Wildman–Crippen MR) is 52.6 cm³/mol. The van der Waals surface area contributed by atoms with Crippen LogP contribution in [0.15, 0.2) is 0 Å². The molecule has 0 saturated carbocycles. The second-order valence-electron chi connectivity index (χ2n) is 4.25. The first-order valence-corrected chi connectivity index (χ1v) is 6.06. The first-order chi connectivity index (χ1) is 5.87. The number of nitrogens with one attached hydrogen (secondary N) is 1. The van der Waals surface area contributed by atoms with Crippen LogP contribution in [0, 0.1) is 5.41 Å². The lowest BCUT2D eigenvalue weighted by Crippen LogP contribution is -2.39. The van der Waals surface area contributed by atoms with E-state index in [0.29, 0.717) is 19.6 Å². The van der Waals surface area contributed by atoms with Gasteiger partial charge in [0.05, 0.1) is 0 Å². The maximum Gasteiger partial charge on any atom is 0.279 e. The molecule has 1 rings (SSSR count). The minimum absolute atomic E-state index is 0.127. The van der Waals surface area contributed by atoms with Gasteiger partial charge in [-0.15, -0.1) is 0 Å². The van der Waals surface area contributed by atoms with Gasteiger partial charge in [0.15, 0.2) is 0 Å². The van der Waals surface area contributed by atoms with Crippen molar-refractivity contribution in [2.75, 3.05) is 19.6 Å². The van der Waals surface area contributed by atoms with Gasteiger partial charge in [-0.05, 0) is 11.8 Å². The second kappa shape index (κ2) is 3.55. The molecular formula is C8H18N2O2S. The van der Waals surface area contributed by atoms with Gasteiger partial charge in [0.1, 0.15) is 0 Å². The Balaban J connectivity index is 2.66. The van der Waals surface area contributed by atoms with Gasteiger partial charge in [0, 0.05) is 19.6 Å². The number of hydrogen-bond donors (Lipinski definition) is 1. The Morgan fingerprint density at radius 3 is 2.46 bits per heavy atom. The number of hydrogen-bond acceptors (Lipinski definition) is 2. The smallest absolute Gasteiger partial charge is 0.202 e. The fourth-order valence-corrected chi connectivity index (χ4v) is 2.94. The Bertz CT molecular complexity index is 272. The molecule has 0 aromatic heterocycles. The molecule has 13 heavy (non-hydrogen) atoms. The van der Waals surface area contributed by atoms with Crippen molar-refractivity contribution in [2.45, 2.75) is 27.2 Å². The molecule has 0 aromatic carbocycles. The standard InChI is InChI=1S/C8H18N2O2S/c1-4-9-13(11,12)10-6-5-8(2,3)7-10/h9H,4-7H2,1-3H3. The van der Waals surface area contributed by atoms with E-state index in [0.717, 1.165) is 6.42 Å². The van der Waals surface area contributed by atoms with E-state index in [9.17, 15) is 8.42 Å². The lowest BCUT2D eigenvalue weighted by molar-refractivity contribution is 0.373. The third kappa shape index (κ3) is 2.65. The highest BCUT2D eigenvalue weighted by Gasteiger charge is 2.35. The molecule has 0 amide bonds. The fraction of sp³-hybridized carbons (Fsp3) is 1.00. The third-order valence-corrected chi connectivity index (χ3v) is 3.95. The molecule has 1 saturated heterocycles. The Kier molecular flexibility index (Phi) is 2.99. The van der Waals surface area contributed by atoms with Crippen LogP contribution in [0.25, 0.3) is 0 Å². The van der Waals surface area contributed by atoms with Crippen molar-refractivity contribution in [3.63, 3.8) is 0 Å². The molecule has 4 nitrogen and oxygen atoms in total. The van der Waals surface area contributed by atoms with Crippen molar-refractivity contribution in [1.82, 2.24) is 9.03 Å². The molecule has 0 aliphatic carbocycles. The molecule has 0 spiro atoms. The second-order valence-corrected chi connectivity index (χ2v) is 6.01. The van der Waals surface area contributed by atoms with Gasteiger partial charge in [-0.3, -0.25) is 0 Å². The van der Waals surface area contributed by atoms with Crippen molar-refractivity contribution >= 4 is 10.2 Å². The van der Waals surface area contributed by atoms with E-state index in [1.807, 2.05) is 0 Å². The Hall–Kier alpha value is -0.130. The molecule has 1 N–H and O–H groups in total. The normalized spacial score (nSPS) is 23.6. The fourth-order valence-electron chi connectivity index (χ4n) is 1.54. The Labute approximate surface area is 80.5 Å². The number of rotatable bonds is 3. The van der Waals surface area contributed by atoms with Crippen LogP contribution in [0.1, 0.15) is 27.2 Å². The Morgan fingerprint density at radius 1 is 1.46 bits per heavy atom. The maximum absolute atomic E-state index is 11.5. The van der Waals surface area contributed by atoms with Crippen LogP contribution in [0.5, 0.6) is 0 Å². The molecule has 0 radical (unpaired) electrons. The summed E-state index contributed by atoms with van der Waals surface area (Å²) < 4.78 is 27.1. The molecule has 1 aliphatic heterocycles. The summed E-state index contributed by atoms with van der Waals surface area (Å²) in [5.74, 6) is 0. The summed E-state index contributed by atoms with van der Waals surface area (Å²) >= 11 is 0. The topological polar surface area (TPSA) is 49.4 Å². The quantitative estimate of drug-likeness (QED) is 0.734. The monoisotopic (exact) mass is 206 g/mol. The molecular weight excluding hydrogens is 188 g/mol. The summed E-state index contributed by atoms with van der Waals surface area (Å²) in [7, 11) is -3.20. The Morgan fingerprint density at radius 2 is 2.08 bits per heavy atom. The zero-order valence-corrected chi connectivity index (χ0v) is 9.32. The van der Waals surface area contributed by atoms with Gasteiger partial charge in [0.2, 0.25) is 0 Å². The molecule has 0 atom stereocenters. The van der Waals surface area contributed by atoms with Gasteiger partial charge in [-0.1, -0.05) is 20.8 Å². The maximum atomic E-state index is 11.5. The van der Waals surface area contributed by atoms with Gasteiger partial charge in [0.25, 0.3) is 10.2 Å². The third-order valence-electron chi connectivity index (χ3n) is 2.31. The van der Waals surface area contributed by atoms with Crippen LogP contribution in [0.4, 0.5) is 0 Å². The predicted octanol–water partition coefficient (Wildman–Crippen LogP) is 0.573. The first-order valence-electron chi connectivity index (χ1n) is 4.62. The van der Waals surface area contributed by atoms with E-state index < -0.39 is 10.2 Å². The molecule has 0 bridgehead atoms. The van der Waals surface area contributed by atoms with Crippen molar-refractivity contribution in [3.8, 4) is 0 Å². The average Bonchev–Trinajstić information content (AvgIpc) is 2.30. The van der Waals surface area contributed by atoms with Gasteiger partial charge in [-0.2, -0.15) is 12.7 Å². The van der Waals surface area contributed by atoms with E-state index >= 15 is 0 Å². The molecule has 1 aliphatic rings. The molecule has 0 unspecified atom stereocenters. The lowest BCUT2D eigenvalue weighted by Gasteiger charge is -2.19. The van der Waals surface area contributed by atoms with Crippen LogP contribution in [0.2, 0.25) is 0 Å². The average molecular weight is 206 g/mol. The summed E-state index contributed by atoms with van der Waals surface area (Å²) in [6.45, 7) is 7.70. The van der Waals surface area contributed by atoms with Gasteiger partial charge in [-0.25, -0.2) is 4.72 Å². The number of nitrogens with zero attached hydrogens (tertiary/aromatic N) is 1. The SMILES string of the molecule is CCNS(=O)(=O)N1CCC(C)(C)C1. The van der Waals surface area contributed by atoms with Crippen LogP contribution in [-0.2, 0) is 10.2 Å². The van der Waals surface area contributed by atoms with E-state index in [4.69, 9.17) is 0 Å². The van der Waals surface area contributed by atoms with Crippen molar-refractivity contribution in [2.24, 2.45) is 5.41 Å². The molecule has 5 heteroatoms. The van der Waals surface area contributed by atoms with Crippen molar-refractivity contribution in [3.05, 3.63) is 0 Å². The summed E-state index contributed by atoms with van der Waals surface area (Å²) in [4.78, 5) is 0. The van der Waals surface area contributed by atoms with Crippen LogP contribution < -0.4 is 4.72 Å². The van der Waals surface area contributed by atoms with E-state index in [1.165, 1.54) is 4.31 Å². The summed E-state index contributed by atoms with van der Waals surface area (Å²) in [6, 6.07) is 0. The van der Waals surface area contributed by atoms with E-state index in [-0.39, 0.29) is 5.41 Å². The van der Waals surface area contributed by atoms with E-state index in [1.54, 1.807) is 6.92 Å². The van der Waals surface area contributed by atoms with Gasteiger partial charge < -0.3 is 0 Å². The van der Waals surface area contributed by atoms with Crippen molar-refractivity contribution < 1.29 is 8.42 Å². The minimum Gasteiger partial charge on any atom is -0.202 e. The minimum atomic E-state index is -3.20. The molecule has 0 aromatic rings. The molecule has 78 valence electrons. The van der Waals surface area contributed by atoms with Crippen LogP contribution in [-0.4, -0.2) is 32.4 Å².